The van der Waals surface area contributed by atoms with Gasteiger partial charge >= 0.3 is 11.8 Å². The monoisotopic (exact) mass is 530 g/mol. The van der Waals surface area contributed by atoms with Gasteiger partial charge in [0.2, 0.25) is 11.8 Å². The maximum atomic E-state index is 13.3. The number of aliphatic hydroxyl groups is 1. The standard InChI is InChI=1S/C28H42N4O6/c1-27(2,3)15-21(24(36)31-20(22(34)16-33)14-17-10-9-13-29-23(17)35)32-26(38)25(37)30-19-12-8-7-11-18(19)28(4,5)6/h7-8,11-12,17,20-21,33H,9-10,13-16H2,1-6H3,(H,29,35)(H,30,37)(H,31,36)(H,32,38)/t17?,20-,21-/m0/s1. The van der Waals surface area contributed by atoms with E-state index in [1.807, 2.05) is 53.7 Å². The van der Waals surface area contributed by atoms with Gasteiger partial charge in [0.05, 0.1) is 6.04 Å². The molecule has 5 N–H and O–H groups in total. The Morgan fingerprint density at radius 2 is 1.66 bits per heavy atom. The van der Waals surface area contributed by atoms with Gasteiger partial charge in [0, 0.05) is 18.2 Å². The number of rotatable bonds is 9. The summed E-state index contributed by atoms with van der Waals surface area (Å²) in [7, 11) is 0. The van der Waals surface area contributed by atoms with E-state index in [1.165, 1.54) is 0 Å². The third-order valence-electron chi connectivity index (χ3n) is 6.41. The number of anilines is 1. The van der Waals surface area contributed by atoms with Crippen LogP contribution in [0.2, 0.25) is 0 Å². The van der Waals surface area contributed by atoms with E-state index >= 15 is 0 Å². The molecule has 0 aromatic heterocycles. The first kappa shape index (κ1) is 31.0. The second kappa shape index (κ2) is 13.0. The van der Waals surface area contributed by atoms with Gasteiger partial charge in [-0.05, 0) is 48.1 Å². The summed E-state index contributed by atoms with van der Waals surface area (Å²) in [6, 6.07) is 4.95. The van der Waals surface area contributed by atoms with Crippen molar-refractivity contribution in [3.8, 4) is 0 Å². The van der Waals surface area contributed by atoms with E-state index in [1.54, 1.807) is 12.1 Å². The third kappa shape index (κ3) is 9.24. The SMILES string of the molecule is CC(C)(C)C[C@H](NC(=O)C(=O)Nc1ccccc1C(C)(C)C)C(=O)N[C@@H](CC1CCCNC1=O)C(=O)CO. The second-order valence-electron chi connectivity index (χ2n) is 12.1. The smallest absolute Gasteiger partial charge is 0.313 e. The quantitative estimate of drug-likeness (QED) is 0.307. The molecule has 4 amide bonds. The number of benzene rings is 1. The molecule has 3 atom stereocenters. The van der Waals surface area contributed by atoms with Gasteiger partial charge < -0.3 is 26.4 Å². The molecule has 0 bridgehead atoms. The topological polar surface area (TPSA) is 154 Å². The number of aliphatic hydroxyl groups excluding tert-OH is 1. The highest BCUT2D eigenvalue weighted by Crippen LogP contribution is 2.29. The van der Waals surface area contributed by atoms with Crippen molar-refractivity contribution in [2.24, 2.45) is 11.3 Å². The Balaban J connectivity index is 2.18. The Bertz CT molecular complexity index is 1040. The number of Topliss-reactive ketones (excluding diaryl/α,β-unsaturated/α-hetero) is 1. The number of amides is 4. The number of hydrogen-bond donors (Lipinski definition) is 5. The van der Waals surface area contributed by atoms with E-state index < -0.39 is 53.5 Å². The molecular weight excluding hydrogens is 488 g/mol. The maximum Gasteiger partial charge on any atom is 0.313 e. The van der Waals surface area contributed by atoms with Gasteiger partial charge in [-0.1, -0.05) is 59.7 Å². The lowest BCUT2D eigenvalue weighted by atomic mass is 9.86. The Morgan fingerprint density at radius 1 is 1.00 bits per heavy atom. The molecule has 1 aromatic carbocycles. The summed E-state index contributed by atoms with van der Waals surface area (Å²) in [4.78, 5) is 63.6. The maximum absolute atomic E-state index is 13.3. The lowest BCUT2D eigenvalue weighted by Gasteiger charge is -2.29. The molecule has 1 heterocycles. The van der Waals surface area contributed by atoms with Crippen LogP contribution in [-0.2, 0) is 29.4 Å². The zero-order valence-electron chi connectivity index (χ0n) is 23.3. The van der Waals surface area contributed by atoms with Crippen molar-refractivity contribution in [2.45, 2.75) is 84.7 Å². The van der Waals surface area contributed by atoms with Gasteiger partial charge in [-0.25, -0.2) is 0 Å². The molecule has 2 rings (SSSR count). The van der Waals surface area contributed by atoms with Crippen LogP contribution in [0, 0.1) is 11.3 Å². The average molecular weight is 531 g/mol. The van der Waals surface area contributed by atoms with Gasteiger partial charge in [-0.15, -0.1) is 0 Å². The molecular formula is C28H42N4O6. The number of para-hydroxylation sites is 1. The van der Waals surface area contributed by atoms with Crippen molar-refractivity contribution in [3.05, 3.63) is 29.8 Å². The minimum Gasteiger partial charge on any atom is -0.389 e. The molecule has 0 saturated carbocycles. The summed E-state index contributed by atoms with van der Waals surface area (Å²) >= 11 is 0. The molecule has 210 valence electrons. The first-order valence-electron chi connectivity index (χ1n) is 13.1. The van der Waals surface area contributed by atoms with Crippen molar-refractivity contribution in [1.82, 2.24) is 16.0 Å². The molecule has 10 nitrogen and oxygen atoms in total. The average Bonchev–Trinajstić information content (AvgIpc) is 2.82. The largest absolute Gasteiger partial charge is 0.389 e. The zero-order valence-corrected chi connectivity index (χ0v) is 23.3. The van der Waals surface area contributed by atoms with Crippen molar-refractivity contribution >= 4 is 35.1 Å². The van der Waals surface area contributed by atoms with E-state index in [4.69, 9.17) is 0 Å². The van der Waals surface area contributed by atoms with Gasteiger partial charge in [0.25, 0.3) is 0 Å². The van der Waals surface area contributed by atoms with Crippen LogP contribution in [0.3, 0.4) is 0 Å². The molecule has 0 radical (unpaired) electrons. The Labute approximate surface area is 224 Å². The zero-order chi connectivity index (χ0) is 28.7. The number of nitrogens with one attached hydrogen (secondary N) is 4. The molecule has 1 aliphatic rings. The summed E-state index contributed by atoms with van der Waals surface area (Å²) in [5, 5.41) is 20.0. The van der Waals surface area contributed by atoms with Crippen LogP contribution < -0.4 is 21.3 Å². The summed E-state index contributed by atoms with van der Waals surface area (Å²) in [6.07, 6.45) is 1.54. The van der Waals surface area contributed by atoms with Crippen molar-refractivity contribution in [1.29, 1.82) is 0 Å². The predicted octanol–water partition coefficient (Wildman–Crippen LogP) is 1.81. The van der Waals surface area contributed by atoms with E-state index in [0.717, 1.165) is 12.0 Å². The highest BCUT2D eigenvalue weighted by atomic mass is 16.3. The Hall–Kier alpha value is -3.27. The molecule has 38 heavy (non-hydrogen) atoms. The van der Waals surface area contributed by atoms with Crippen LogP contribution >= 0.6 is 0 Å². The van der Waals surface area contributed by atoms with Crippen LogP contribution in [0.5, 0.6) is 0 Å². The van der Waals surface area contributed by atoms with E-state index in [-0.39, 0.29) is 24.2 Å². The minimum atomic E-state index is -1.12. The fourth-order valence-electron chi connectivity index (χ4n) is 4.47. The number of ketones is 1. The van der Waals surface area contributed by atoms with Crippen LogP contribution in [0.25, 0.3) is 0 Å². The molecule has 1 aliphatic heterocycles. The van der Waals surface area contributed by atoms with Crippen LogP contribution in [0.15, 0.2) is 24.3 Å². The summed E-state index contributed by atoms with van der Waals surface area (Å²) in [5.74, 6) is -3.89. The van der Waals surface area contributed by atoms with Gasteiger partial charge in [-0.2, -0.15) is 0 Å². The fourth-order valence-corrected chi connectivity index (χ4v) is 4.47. The number of piperidine rings is 1. The molecule has 1 aromatic rings. The highest BCUT2D eigenvalue weighted by molar-refractivity contribution is 6.40. The third-order valence-corrected chi connectivity index (χ3v) is 6.41. The van der Waals surface area contributed by atoms with Crippen molar-refractivity contribution in [3.63, 3.8) is 0 Å². The molecule has 1 saturated heterocycles. The van der Waals surface area contributed by atoms with E-state index in [0.29, 0.717) is 18.7 Å². The summed E-state index contributed by atoms with van der Waals surface area (Å²) in [5.41, 5.74) is 0.654. The van der Waals surface area contributed by atoms with Crippen LogP contribution in [-0.4, -0.2) is 59.8 Å². The van der Waals surface area contributed by atoms with Crippen molar-refractivity contribution in [2.75, 3.05) is 18.5 Å². The van der Waals surface area contributed by atoms with Crippen LogP contribution in [0.4, 0.5) is 5.69 Å². The molecule has 0 aliphatic carbocycles. The second-order valence-corrected chi connectivity index (χ2v) is 12.1. The van der Waals surface area contributed by atoms with Gasteiger partial charge in [-0.3, -0.25) is 24.0 Å². The first-order chi connectivity index (χ1) is 17.6. The minimum absolute atomic E-state index is 0.0389. The summed E-state index contributed by atoms with van der Waals surface area (Å²) < 4.78 is 0. The Kier molecular flexibility index (Phi) is 10.6. The molecule has 1 fully saturated rings. The van der Waals surface area contributed by atoms with E-state index in [2.05, 4.69) is 21.3 Å². The number of carbonyl (C=O) groups excluding carboxylic acids is 5. The number of carbonyl (C=O) groups is 5. The van der Waals surface area contributed by atoms with E-state index in [9.17, 15) is 29.1 Å². The predicted molar refractivity (Wildman–Crippen MR) is 144 cm³/mol. The summed E-state index contributed by atoms with van der Waals surface area (Å²) in [6.45, 7) is 11.4. The highest BCUT2D eigenvalue weighted by Gasteiger charge is 2.34. The normalized spacial score (nSPS) is 17.6. The van der Waals surface area contributed by atoms with Crippen LogP contribution in [0.1, 0.15) is 72.8 Å². The van der Waals surface area contributed by atoms with Crippen molar-refractivity contribution < 1.29 is 29.1 Å². The fraction of sp³-hybridized carbons (Fsp3) is 0.607. The first-order valence-corrected chi connectivity index (χ1v) is 13.1. The lowest BCUT2D eigenvalue weighted by molar-refractivity contribution is -0.139. The Morgan fingerprint density at radius 3 is 2.24 bits per heavy atom. The van der Waals surface area contributed by atoms with Gasteiger partial charge in [0.15, 0.2) is 5.78 Å². The number of hydrogen-bond acceptors (Lipinski definition) is 6. The molecule has 1 unspecified atom stereocenters. The molecule has 0 spiro atoms. The van der Waals surface area contributed by atoms with Gasteiger partial charge in [0.1, 0.15) is 12.6 Å². The lowest BCUT2D eigenvalue weighted by Crippen LogP contribution is -2.55. The molecule has 10 heteroatoms.